The first-order valence-electron chi connectivity index (χ1n) is 8.01. The number of hydrogen-bond acceptors (Lipinski definition) is 4. The van der Waals surface area contributed by atoms with Gasteiger partial charge >= 0.3 is 0 Å². The number of hydrogen-bond donors (Lipinski definition) is 1. The highest BCUT2D eigenvalue weighted by atomic mass is 35.5. The Hall–Kier alpha value is -1.50. The number of carbonyl (C=O) groups is 1. The summed E-state index contributed by atoms with van der Waals surface area (Å²) >= 11 is 7.49. The molecule has 1 amide bonds. The summed E-state index contributed by atoms with van der Waals surface area (Å²) in [6.07, 6.45) is 6.41. The van der Waals surface area contributed by atoms with Gasteiger partial charge in [-0.1, -0.05) is 11.6 Å². The van der Waals surface area contributed by atoms with Crippen LogP contribution in [0.2, 0.25) is 5.02 Å². The van der Waals surface area contributed by atoms with Crippen LogP contribution in [0.3, 0.4) is 0 Å². The molecule has 1 unspecified atom stereocenters. The third-order valence-corrected chi connectivity index (χ3v) is 5.01. The number of benzene rings is 1. The van der Waals surface area contributed by atoms with E-state index >= 15 is 0 Å². The molecule has 1 aliphatic rings. The minimum absolute atomic E-state index is 0.00636. The molecule has 128 valence electrons. The zero-order valence-electron chi connectivity index (χ0n) is 13.3. The first-order chi connectivity index (χ1) is 11.7. The fourth-order valence-electron chi connectivity index (χ4n) is 2.54. The van der Waals surface area contributed by atoms with Crippen molar-refractivity contribution in [2.75, 3.05) is 17.7 Å². The third-order valence-electron chi connectivity index (χ3n) is 3.74. The molecule has 1 aliphatic heterocycles. The summed E-state index contributed by atoms with van der Waals surface area (Å²) < 4.78 is 7.42. The average Bonchev–Trinajstić information content (AvgIpc) is 3.22. The van der Waals surface area contributed by atoms with Gasteiger partial charge in [0, 0.05) is 34.9 Å². The Morgan fingerprint density at radius 1 is 1.42 bits per heavy atom. The van der Waals surface area contributed by atoms with Crippen LogP contribution in [0.25, 0.3) is 0 Å². The minimum Gasteiger partial charge on any atom is -0.376 e. The van der Waals surface area contributed by atoms with Gasteiger partial charge < -0.3 is 10.1 Å². The number of halogens is 1. The Balaban J connectivity index is 1.39. The Labute approximate surface area is 150 Å². The van der Waals surface area contributed by atoms with E-state index in [-0.39, 0.29) is 12.0 Å². The Morgan fingerprint density at radius 2 is 2.25 bits per heavy atom. The molecule has 1 atom stereocenters. The molecule has 1 aromatic carbocycles. The Bertz CT molecular complexity index is 669. The van der Waals surface area contributed by atoms with Crippen LogP contribution in [0.4, 0.5) is 5.69 Å². The highest BCUT2D eigenvalue weighted by molar-refractivity contribution is 7.99. The number of nitrogens with zero attached hydrogens (tertiary/aromatic N) is 2. The van der Waals surface area contributed by atoms with E-state index in [9.17, 15) is 4.79 Å². The summed E-state index contributed by atoms with van der Waals surface area (Å²) in [6, 6.07) is 7.62. The van der Waals surface area contributed by atoms with E-state index in [0.29, 0.717) is 6.42 Å². The quantitative estimate of drug-likeness (QED) is 0.757. The number of thioether (sulfide) groups is 1. The van der Waals surface area contributed by atoms with Crippen LogP contribution in [0, 0.1) is 0 Å². The van der Waals surface area contributed by atoms with Crippen molar-refractivity contribution in [3.05, 3.63) is 41.7 Å². The lowest BCUT2D eigenvalue weighted by atomic mass is 10.2. The van der Waals surface area contributed by atoms with Gasteiger partial charge in [-0.15, -0.1) is 11.8 Å². The van der Waals surface area contributed by atoms with Gasteiger partial charge in [-0.2, -0.15) is 5.10 Å². The highest BCUT2D eigenvalue weighted by Gasteiger charge is 2.16. The van der Waals surface area contributed by atoms with Crippen LogP contribution in [0.5, 0.6) is 0 Å². The van der Waals surface area contributed by atoms with Gasteiger partial charge in [-0.05, 0) is 37.1 Å². The summed E-state index contributed by atoms with van der Waals surface area (Å²) in [5, 5.41) is 7.88. The zero-order chi connectivity index (χ0) is 16.8. The Kier molecular flexibility index (Phi) is 6.18. The van der Waals surface area contributed by atoms with E-state index in [1.165, 1.54) is 0 Å². The third kappa shape index (κ3) is 5.26. The zero-order valence-corrected chi connectivity index (χ0v) is 14.9. The van der Waals surface area contributed by atoms with Crippen molar-refractivity contribution in [1.82, 2.24) is 9.78 Å². The van der Waals surface area contributed by atoms with E-state index < -0.39 is 0 Å². The average molecular weight is 366 g/mol. The van der Waals surface area contributed by atoms with Crippen LogP contribution in [0.1, 0.15) is 19.3 Å². The Morgan fingerprint density at radius 3 is 3.00 bits per heavy atom. The lowest BCUT2D eigenvalue weighted by molar-refractivity contribution is -0.115. The maximum absolute atomic E-state index is 12.0. The molecule has 0 aliphatic carbocycles. The molecule has 0 spiro atoms. The standard InChI is InChI=1S/C17H20ClN3O2S/c18-13-3-5-16(6-4-13)24-9-7-17(22)20-14-10-19-21(11-14)12-15-2-1-8-23-15/h3-6,10-11,15H,1-2,7-9,12H2,(H,20,22). The van der Waals surface area contributed by atoms with E-state index in [0.717, 1.165) is 47.4 Å². The molecule has 0 saturated carbocycles. The highest BCUT2D eigenvalue weighted by Crippen LogP contribution is 2.21. The van der Waals surface area contributed by atoms with Gasteiger partial charge in [0.15, 0.2) is 0 Å². The summed E-state index contributed by atoms with van der Waals surface area (Å²) in [5.41, 5.74) is 0.731. The van der Waals surface area contributed by atoms with Gasteiger partial charge in [0.05, 0.1) is 24.5 Å². The number of amides is 1. The summed E-state index contributed by atoms with van der Waals surface area (Å²) in [4.78, 5) is 13.1. The van der Waals surface area contributed by atoms with E-state index in [1.807, 2.05) is 35.1 Å². The van der Waals surface area contributed by atoms with Gasteiger partial charge in [0.25, 0.3) is 0 Å². The molecule has 7 heteroatoms. The first-order valence-corrected chi connectivity index (χ1v) is 9.38. The number of aromatic nitrogens is 2. The summed E-state index contributed by atoms with van der Waals surface area (Å²) in [7, 11) is 0. The molecular formula is C17H20ClN3O2S. The van der Waals surface area contributed by atoms with Gasteiger partial charge in [-0.3, -0.25) is 9.48 Å². The summed E-state index contributed by atoms with van der Waals surface area (Å²) in [6.45, 7) is 1.57. The SMILES string of the molecule is O=C(CCSc1ccc(Cl)cc1)Nc1cnn(CC2CCCO2)c1. The molecule has 24 heavy (non-hydrogen) atoms. The van der Waals surface area contributed by atoms with Crippen LogP contribution in [-0.4, -0.2) is 34.2 Å². The largest absolute Gasteiger partial charge is 0.376 e. The minimum atomic E-state index is -0.00636. The normalized spacial score (nSPS) is 17.1. The summed E-state index contributed by atoms with van der Waals surface area (Å²) in [5.74, 6) is 0.713. The van der Waals surface area contributed by atoms with Crippen molar-refractivity contribution in [3.8, 4) is 0 Å². The van der Waals surface area contributed by atoms with Gasteiger partial charge in [0.2, 0.25) is 5.91 Å². The predicted molar refractivity (Wildman–Crippen MR) is 96.6 cm³/mol. The van der Waals surface area contributed by atoms with Crippen LogP contribution >= 0.6 is 23.4 Å². The maximum atomic E-state index is 12.0. The predicted octanol–water partition coefficient (Wildman–Crippen LogP) is 3.84. The van der Waals surface area contributed by atoms with Gasteiger partial charge in [0.1, 0.15) is 0 Å². The molecule has 3 rings (SSSR count). The molecule has 1 aromatic heterocycles. The fourth-order valence-corrected chi connectivity index (χ4v) is 3.52. The van der Waals surface area contributed by atoms with E-state index in [4.69, 9.17) is 16.3 Å². The van der Waals surface area contributed by atoms with Crippen LogP contribution in [0.15, 0.2) is 41.6 Å². The molecule has 5 nitrogen and oxygen atoms in total. The van der Waals surface area contributed by atoms with Crippen molar-refractivity contribution >= 4 is 35.0 Å². The van der Waals surface area contributed by atoms with Crippen molar-refractivity contribution in [3.63, 3.8) is 0 Å². The second-order valence-electron chi connectivity index (χ2n) is 5.69. The number of carbonyl (C=O) groups excluding carboxylic acids is 1. The van der Waals surface area contributed by atoms with Crippen molar-refractivity contribution in [2.45, 2.75) is 36.8 Å². The van der Waals surface area contributed by atoms with Crippen molar-refractivity contribution in [2.24, 2.45) is 0 Å². The lowest BCUT2D eigenvalue weighted by Gasteiger charge is -2.08. The smallest absolute Gasteiger partial charge is 0.225 e. The lowest BCUT2D eigenvalue weighted by Crippen LogP contribution is -2.15. The molecule has 1 N–H and O–H groups in total. The molecule has 1 saturated heterocycles. The second-order valence-corrected chi connectivity index (χ2v) is 7.29. The van der Waals surface area contributed by atoms with Crippen molar-refractivity contribution in [1.29, 1.82) is 0 Å². The van der Waals surface area contributed by atoms with Crippen LogP contribution < -0.4 is 5.32 Å². The molecule has 1 fully saturated rings. The van der Waals surface area contributed by atoms with Gasteiger partial charge in [-0.25, -0.2) is 0 Å². The number of rotatable bonds is 7. The number of nitrogens with one attached hydrogen (secondary N) is 1. The van der Waals surface area contributed by atoms with E-state index in [2.05, 4.69) is 10.4 Å². The molecule has 0 radical (unpaired) electrons. The molecule has 2 aromatic rings. The molecular weight excluding hydrogens is 346 g/mol. The molecule has 0 bridgehead atoms. The van der Waals surface area contributed by atoms with E-state index in [1.54, 1.807) is 18.0 Å². The number of ether oxygens (including phenoxy) is 1. The number of anilines is 1. The monoisotopic (exact) mass is 365 g/mol. The van der Waals surface area contributed by atoms with Crippen molar-refractivity contribution < 1.29 is 9.53 Å². The first kappa shape index (κ1) is 17.3. The maximum Gasteiger partial charge on any atom is 0.225 e. The second kappa shape index (κ2) is 8.55. The topological polar surface area (TPSA) is 56.2 Å². The van der Waals surface area contributed by atoms with Crippen LogP contribution in [-0.2, 0) is 16.1 Å². The molecule has 2 heterocycles. The fraction of sp³-hybridized carbons (Fsp3) is 0.412.